The van der Waals surface area contributed by atoms with Crippen LogP contribution >= 0.6 is 11.3 Å². The van der Waals surface area contributed by atoms with Crippen LogP contribution in [0.3, 0.4) is 0 Å². The molecule has 1 amide bonds. The number of thiophene rings is 1. The molecule has 1 aromatic carbocycles. The number of aryl methyl sites for hydroxylation is 1. The van der Waals surface area contributed by atoms with Crippen molar-refractivity contribution in [3.63, 3.8) is 0 Å². The number of anilines is 1. The Hall–Kier alpha value is -1.85. The van der Waals surface area contributed by atoms with E-state index in [-0.39, 0.29) is 5.91 Å². The van der Waals surface area contributed by atoms with Gasteiger partial charge in [0.15, 0.2) is 0 Å². The maximum atomic E-state index is 13.1. The highest BCUT2D eigenvalue weighted by Gasteiger charge is 2.19. The molecule has 0 bridgehead atoms. The van der Waals surface area contributed by atoms with Crippen molar-refractivity contribution >= 4 is 22.9 Å². The van der Waals surface area contributed by atoms with Crippen molar-refractivity contribution in [2.75, 3.05) is 31.9 Å². The van der Waals surface area contributed by atoms with Gasteiger partial charge in [-0.1, -0.05) is 26.0 Å². The second kappa shape index (κ2) is 8.85. The van der Waals surface area contributed by atoms with Gasteiger partial charge in [0.1, 0.15) is 0 Å². The molecule has 0 fully saturated rings. The van der Waals surface area contributed by atoms with Gasteiger partial charge in [-0.25, -0.2) is 0 Å². The summed E-state index contributed by atoms with van der Waals surface area (Å²) in [5, 5.41) is 2.05. The predicted octanol–water partition coefficient (Wildman–Crippen LogP) is 3.62. The zero-order valence-corrected chi connectivity index (χ0v) is 15.6. The quantitative estimate of drug-likeness (QED) is 0.743. The Kier molecular flexibility index (Phi) is 6.82. The van der Waals surface area contributed by atoms with E-state index in [4.69, 9.17) is 5.73 Å². The van der Waals surface area contributed by atoms with Gasteiger partial charge in [0.2, 0.25) is 0 Å². The summed E-state index contributed by atoms with van der Waals surface area (Å²) in [6.45, 7) is 10.5. The van der Waals surface area contributed by atoms with Crippen LogP contribution in [0, 0.1) is 6.92 Å². The van der Waals surface area contributed by atoms with Crippen LogP contribution < -0.4 is 5.73 Å². The minimum atomic E-state index is 0.0559. The van der Waals surface area contributed by atoms with E-state index in [0.717, 1.165) is 25.2 Å². The molecule has 24 heavy (non-hydrogen) atoms. The number of hydrogen-bond acceptors (Lipinski definition) is 4. The summed E-state index contributed by atoms with van der Waals surface area (Å²) in [5.74, 6) is 0.0559. The molecule has 0 atom stereocenters. The molecule has 0 aliphatic heterocycles. The summed E-state index contributed by atoms with van der Waals surface area (Å²) < 4.78 is 0. The van der Waals surface area contributed by atoms with E-state index in [0.29, 0.717) is 24.3 Å². The number of carbonyl (C=O) groups is 1. The Balaban J connectivity index is 2.20. The number of benzene rings is 1. The molecule has 5 heteroatoms. The van der Waals surface area contributed by atoms with E-state index in [1.54, 1.807) is 17.4 Å². The lowest BCUT2D eigenvalue weighted by Crippen LogP contribution is -2.38. The highest BCUT2D eigenvalue weighted by molar-refractivity contribution is 7.09. The first-order valence-electron chi connectivity index (χ1n) is 8.45. The van der Waals surface area contributed by atoms with E-state index in [1.807, 2.05) is 35.4 Å². The lowest BCUT2D eigenvalue weighted by Gasteiger charge is -2.27. The number of carbonyl (C=O) groups excluding carboxylic acids is 1. The van der Waals surface area contributed by atoms with Gasteiger partial charge in [-0.2, -0.15) is 0 Å². The van der Waals surface area contributed by atoms with Crippen LogP contribution in [-0.2, 0) is 6.54 Å². The van der Waals surface area contributed by atoms with E-state index in [9.17, 15) is 4.79 Å². The van der Waals surface area contributed by atoms with E-state index in [2.05, 4.69) is 24.8 Å². The highest BCUT2D eigenvalue weighted by atomic mass is 32.1. The third-order valence-corrected chi connectivity index (χ3v) is 5.15. The summed E-state index contributed by atoms with van der Waals surface area (Å²) in [4.78, 5) is 18.6. The smallest absolute Gasteiger partial charge is 0.254 e. The van der Waals surface area contributed by atoms with Gasteiger partial charge in [-0.05, 0) is 49.2 Å². The molecule has 0 spiro atoms. The summed E-state index contributed by atoms with van der Waals surface area (Å²) in [7, 11) is 0. The number of amides is 1. The molecule has 0 unspecified atom stereocenters. The monoisotopic (exact) mass is 345 g/mol. The topological polar surface area (TPSA) is 49.6 Å². The lowest BCUT2D eigenvalue weighted by atomic mass is 10.1. The molecular weight excluding hydrogens is 318 g/mol. The minimum Gasteiger partial charge on any atom is -0.399 e. The van der Waals surface area contributed by atoms with Crippen LogP contribution in [0.25, 0.3) is 0 Å². The summed E-state index contributed by atoms with van der Waals surface area (Å²) in [6, 6.07) is 9.64. The molecular formula is C19H27N3OS. The van der Waals surface area contributed by atoms with Crippen molar-refractivity contribution in [1.29, 1.82) is 0 Å². The van der Waals surface area contributed by atoms with Crippen molar-refractivity contribution in [2.24, 2.45) is 0 Å². The molecule has 4 nitrogen and oxygen atoms in total. The Morgan fingerprint density at radius 2 is 1.92 bits per heavy atom. The third kappa shape index (κ3) is 4.82. The molecule has 0 aliphatic carbocycles. The molecule has 1 heterocycles. The van der Waals surface area contributed by atoms with Crippen molar-refractivity contribution in [3.05, 3.63) is 51.7 Å². The molecule has 0 saturated carbocycles. The Morgan fingerprint density at radius 1 is 1.17 bits per heavy atom. The average molecular weight is 346 g/mol. The van der Waals surface area contributed by atoms with E-state index < -0.39 is 0 Å². The number of likely N-dealkylation sites (N-methyl/N-ethyl adjacent to an activating group) is 1. The SMILES string of the molecule is CCN(CC)CCN(Cc1cccs1)C(=O)c1cc(N)ccc1C. The lowest BCUT2D eigenvalue weighted by molar-refractivity contribution is 0.0725. The third-order valence-electron chi connectivity index (χ3n) is 4.29. The predicted molar refractivity (Wildman–Crippen MR) is 102 cm³/mol. The van der Waals surface area contributed by atoms with Crippen LogP contribution in [-0.4, -0.2) is 41.9 Å². The molecule has 1 aromatic heterocycles. The number of nitrogen functional groups attached to an aromatic ring is 1. The van der Waals surface area contributed by atoms with Crippen LogP contribution in [0.4, 0.5) is 5.69 Å². The standard InChI is InChI=1S/C19H27N3OS/c1-4-21(5-2)10-11-22(14-17-7-6-12-24-17)19(23)18-13-16(20)9-8-15(18)3/h6-9,12-13H,4-5,10-11,14,20H2,1-3H3. The first-order chi connectivity index (χ1) is 11.5. The van der Waals surface area contributed by atoms with Gasteiger partial charge < -0.3 is 15.5 Å². The first-order valence-corrected chi connectivity index (χ1v) is 9.33. The Morgan fingerprint density at radius 3 is 2.54 bits per heavy atom. The maximum absolute atomic E-state index is 13.1. The summed E-state index contributed by atoms with van der Waals surface area (Å²) in [5.41, 5.74) is 8.18. The molecule has 2 rings (SSSR count). The second-order valence-corrected chi connectivity index (χ2v) is 6.94. The molecule has 0 saturated heterocycles. The normalized spacial score (nSPS) is 11.0. The van der Waals surface area contributed by atoms with E-state index >= 15 is 0 Å². The number of nitrogens with zero attached hydrogens (tertiary/aromatic N) is 2. The number of hydrogen-bond donors (Lipinski definition) is 1. The largest absolute Gasteiger partial charge is 0.399 e. The molecule has 2 aromatic rings. The van der Waals surface area contributed by atoms with Gasteiger partial charge in [0.05, 0.1) is 6.54 Å². The molecule has 130 valence electrons. The second-order valence-electron chi connectivity index (χ2n) is 5.91. The highest BCUT2D eigenvalue weighted by Crippen LogP contribution is 2.18. The zero-order chi connectivity index (χ0) is 17.5. The number of nitrogens with two attached hydrogens (primary N) is 1. The summed E-state index contributed by atoms with van der Waals surface area (Å²) in [6.07, 6.45) is 0. The molecule has 0 aliphatic rings. The first kappa shape index (κ1) is 18.5. The van der Waals surface area contributed by atoms with Crippen molar-refractivity contribution < 1.29 is 4.79 Å². The van der Waals surface area contributed by atoms with Crippen molar-refractivity contribution in [1.82, 2.24) is 9.80 Å². The van der Waals surface area contributed by atoms with Gasteiger partial charge in [0, 0.05) is 29.2 Å². The number of rotatable bonds is 8. The van der Waals surface area contributed by atoms with Crippen LogP contribution in [0.5, 0.6) is 0 Å². The minimum absolute atomic E-state index is 0.0559. The Bertz CT molecular complexity index is 651. The molecule has 0 radical (unpaired) electrons. The van der Waals surface area contributed by atoms with Crippen LogP contribution in [0.15, 0.2) is 35.7 Å². The Labute approximate surface area is 148 Å². The fraction of sp³-hybridized carbons (Fsp3) is 0.421. The van der Waals surface area contributed by atoms with Crippen molar-refractivity contribution in [3.8, 4) is 0 Å². The van der Waals surface area contributed by atoms with Gasteiger partial charge >= 0.3 is 0 Å². The van der Waals surface area contributed by atoms with Crippen LogP contribution in [0.2, 0.25) is 0 Å². The van der Waals surface area contributed by atoms with Gasteiger partial charge in [0.25, 0.3) is 5.91 Å². The van der Waals surface area contributed by atoms with Gasteiger partial charge in [-0.15, -0.1) is 11.3 Å². The summed E-state index contributed by atoms with van der Waals surface area (Å²) >= 11 is 1.68. The zero-order valence-electron chi connectivity index (χ0n) is 14.8. The molecule has 2 N–H and O–H groups in total. The van der Waals surface area contributed by atoms with Gasteiger partial charge in [-0.3, -0.25) is 4.79 Å². The fourth-order valence-electron chi connectivity index (χ4n) is 2.69. The van der Waals surface area contributed by atoms with Crippen molar-refractivity contribution in [2.45, 2.75) is 27.3 Å². The maximum Gasteiger partial charge on any atom is 0.254 e. The fourth-order valence-corrected chi connectivity index (χ4v) is 3.40. The average Bonchev–Trinajstić information content (AvgIpc) is 3.09. The van der Waals surface area contributed by atoms with E-state index in [1.165, 1.54) is 4.88 Å². The van der Waals surface area contributed by atoms with Crippen LogP contribution in [0.1, 0.15) is 34.6 Å².